The average Bonchev–Trinajstić information content (AvgIpc) is 3.60. The Morgan fingerprint density at radius 1 is 0.419 bits per heavy atom. The Kier molecular flexibility index (Phi) is 61.3. The molecule has 0 bridgehead atoms. The van der Waals surface area contributed by atoms with Gasteiger partial charge in [0.25, 0.3) is 0 Å². The summed E-state index contributed by atoms with van der Waals surface area (Å²) in [5.41, 5.74) is 0. The van der Waals surface area contributed by atoms with Crippen LogP contribution in [-0.4, -0.2) is 100 Å². The molecule has 7 unspecified atom stereocenters. The number of nitrogens with one attached hydrogen (secondary N) is 1. The maximum Gasteiger partial charge on any atom is 0.305 e. The van der Waals surface area contributed by atoms with Gasteiger partial charge < -0.3 is 45.1 Å². The molecule has 86 heavy (non-hydrogen) atoms. The van der Waals surface area contributed by atoms with Crippen LogP contribution in [0.15, 0.2) is 36.5 Å². The van der Waals surface area contributed by atoms with E-state index in [1.807, 2.05) is 6.08 Å². The topological polar surface area (TPSA) is 175 Å². The van der Waals surface area contributed by atoms with Gasteiger partial charge in [0, 0.05) is 12.8 Å². The lowest BCUT2D eigenvalue weighted by Gasteiger charge is -2.40. The highest BCUT2D eigenvalue weighted by Crippen LogP contribution is 2.23. The first-order valence-electron chi connectivity index (χ1n) is 37.3. The van der Waals surface area contributed by atoms with Crippen molar-refractivity contribution in [3.63, 3.8) is 0 Å². The molecule has 0 spiro atoms. The van der Waals surface area contributed by atoms with E-state index < -0.39 is 49.5 Å². The number of hydrogen-bond acceptors (Lipinski definition) is 10. The third-order valence-corrected chi connectivity index (χ3v) is 17.7. The number of ether oxygens (including phenoxy) is 3. The van der Waals surface area contributed by atoms with Crippen LogP contribution >= 0.6 is 0 Å². The van der Waals surface area contributed by atoms with Crippen LogP contribution in [0.1, 0.15) is 367 Å². The zero-order valence-electron chi connectivity index (χ0n) is 56.3. The fourth-order valence-electron chi connectivity index (χ4n) is 11.8. The SMILES string of the molecule is CCCCCCCCC/C=C\CCCCCCCCCC(=O)OCCCCCCCCCCCCCC/C=C\CCCCCCCCCCCCCCCCCC(=O)NC(COC1OC(CO)C(O)C(O)C1O)C(O)/C=C/CCCCCCCCC. The summed E-state index contributed by atoms with van der Waals surface area (Å²) in [5.74, 6) is -0.173. The Bertz CT molecular complexity index is 1520. The van der Waals surface area contributed by atoms with Crippen LogP contribution in [0.2, 0.25) is 0 Å². The molecule has 6 N–H and O–H groups in total. The van der Waals surface area contributed by atoms with Gasteiger partial charge in [-0.3, -0.25) is 9.59 Å². The molecule has 11 nitrogen and oxygen atoms in total. The lowest BCUT2D eigenvalue weighted by molar-refractivity contribution is -0.302. The van der Waals surface area contributed by atoms with E-state index in [9.17, 15) is 35.1 Å². The van der Waals surface area contributed by atoms with Crippen LogP contribution in [0.3, 0.4) is 0 Å². The minimum absolute atomic E-state index is 0.00727. The summed E-state index contributed by atoms with van der Waals surface area (Å²) in [4.78, 5) is 25.1. The fraction of sp³-hybridized carbons (Fsp3) is 0.893. The molecule has 7 atom stereocenters. The number of unbranched alkanes of at least 4 members (excludes halogenated alkanes) is 48. The number of rotatable bonds is 66. The minimum atomic E-state index is -1.57. The van der Waals surface area contributed by atoms with E-state index in [4.69, 9.17) is 14.2 Å². The molecule has 1 saturated heterocycles. The molecular weight excluding hydrogens is 1070 g/mol. The van der Waals surface area contributed by atoms with E-state index in [1.165, 1.54) is 283 Å². The number of hydrogen-bond donors (Lipinski definition) is 6. The maximum atomic E-state index is 13.0. The molecule has 0 aliphatic carbocycles. The number of carbonyl (C=O) groups is 2. The normalized spacial score (nSPS) is 18.1. The Morgan fingerprint density at radius 2 is 0.744 bits per heavy atom. The van der Waals surface area contributed by atoms with Crippen LogP contribution in [0.25, 0.3) is 0 Å². The Morgan fingerprint density at radius 3 is 1.12 bits per heavy atom. The summed E-state index contributed by atoms with van der Waals surface area (Å²) in [6, 6.07) is -0.807. The van der Waals surface area contributed by atoms with Crippen molar-refractivity contribution in [2.75, 3.05) is 19.8 Å². The Hall–Kier alpha value is -2.12. The number of aliphatic hydroxyl groups is 5. The van der Waals surface area contributed by atoms with Crippen LogP contribution < -0.4 is 5.32 Å². The number of esters is 1. The monoisotopic (exact) mass is 1220 g/mol. The second-order valence-corrected chi connectivity index (χ2v) is 26.0. The summed E-state index contributed by atoms with van der Waals surface area (Å²) < 4.78 is 16.7. The first-order chi connectivity index (χ1) is 42.2. The smallest absolute Gasteiger partial charge is 0.305 e. The first kappa shape index (κ1) is 81.9. The van der Waals surface area contributed by atoms with E-state index in [2.05, 4.69) is 43.5 Å². The van der Waals surface area contributed by atoms with Crippen molar-refractivity contribution in [3.05, 3.63) is 36.5 Å². The van der Waals surface area contributed by atoms with E-state index in [-0.39, 0.29) is 18.5 Å². The molecule has 11 heteroatoms. The fourth-order valence-corrected chi connectivity index (χ4v) is 11.8. The molecule has 1 aliphatic heterocycles. The lowest BCUT2D eigenvalue weighted by Crippen LogP contribution is -2.60. The molecular formula is C75H141NO10. The van der Waals surface area contributed by atoms with Gasteiger partial charge >= 0.3 is 5.97 Å². The van der Waals surface area contributed by atoms with Crippen LogP contribution in [0, 0.1) is 0 Å². The molecule has 0 aromatic heterocycles. The number of allylic oxidation sites excluding steroid dienone is 5. The highest BCUT2D eigenvalue weighted by atomic mass is 16.7. The van der Waals surface area contributed by atoms with Crippen LogP contribution in [0.4, 0.5) is 0 Å². The third-order valence-electron chi connectivity index (χ3n) is 17.7. The van der Waals surface area contributed by atoms with Crippen molar-refractivity contribution in [1.29, 1.82) is 0 Å². The van der Waals surface area contributed by atoms with E-state index in [0.717, 1.165) is 57.8 Å². The molecule has 0 aromatic carbocycles. The molecule has 1 aliphatic rings. The van der Waals surface area contributed by atoms with Gasteiger partial charge in [0.1, 0.15) is 24.4 Å². The van der Waals surface area contributed by atoms with E-state index >= 15 is 0 Å². The molecule has 506 valence electrons. The van der Waals surface area contributed by atoms with Gasteiger partial charge in [-0.05, 0) is 83.5 Å². The predicted octanol–water partition coefficient (Wildman–Crippen LogP) is 19.4. The minimum Gasteiger partial charge on any atom is -0.466 e. The van der Waals surface area contributed by atoms with E-state index in [0.29, 0.717) is 19.4 Å². The number of carbonyl (C=O) groups excluding carboxylic acids is 2. The standard InChI is InChI=1S/C75H141NO10/c1-3-5-7-9-11-13-14-15-16-17-34-37-40-43-47-51-55-59-63-71(80)84-64-60-56-52-48-44-41-38-35-32-30-28-26-24-22-20-18-19-21-23-25-27-29-31-33-36-39-42-46-50-54-58-62-70(79)76-67(68(78)61-57-53-49-45-12-10-8-6-4-2)66-85-75-74(83)73(82)72(81)69(65-77)86-75/h16-17,20,22,57,61,67-69,72-75,77-78,81-83H,3-15,18-19,21,23-56,58-60,62-66H2,1-2H3,(H,76,79)/b17-16-,22-20-,61-57+. The highest BCUT2D eigenvalue weighted by molar-refractivity contribution is 5.76. The van der Waals surface area contributed by atoms with Gasteiger partial charge in [-0.1, -0.05) is 307 Å². The molecule has 0 radical (unpaired) electrons. The number of aliphatic hydroxyl groups excluding tert-OH is 5. The molecule has 1 heterocycles. The van der Waals surface area contributed by atoms with Gasteiger partial charge in [-0.15, -0.1) is 0 Å². The summed E-state index contributed by atoms with van der Waals surface area (Å²) >= 11 is 0. The highest BCUT2D eigenvalue weighted by Gasteiger charge is 2.44. The number of amides is 1. The first-order valence-corrected chi connectivity index (χ1v) is 37.3. The third kappa shape index (κ3) is 52.6. The molecule has 1 rings (SSSR count). The average molecular weight is 1220 g/mol. The van der Waals surface area contributed by atoms with Crippen LogP contribution in [0.5, 0.6) is 0 Å². The molecule has 1 fully saturated rings. The van der Waals surface area contributed by atoms with Crippen molar-refractivity contribution < 1.29 is 49.3 Å². The summed E-state index contributed by atoms with van der Waals surface area (Å²) in [6.07, 6.45) is 73.1. The maximum absolute atomic E-state index is 13.0. The van der Waals surface area contributed by atoms with Gasteiger partial charge in [0.2, 0.25) is 5.91 Å². The second kappa shape index (κ2) is 64.4. The quantitative estimate of drug-likeness (QED) is 0.0195. The van der Waals surface area contributed by atoms with Gasteiger partial charge in [-0.2, -0.15) is 0 Å². The van der Waals surface area contributed by atoms with Gasteiger partial charge in [-0.25, -0.2) is 0 Å². The second-order valence-electron chi connectivity index (χ2n) is 26.0. The largest absolute Gasteiger partial charge is 0.466 e. The van der Waals surface area contributed by atoms with Crippen molar-refractivity contribution in [2.24, 2.45) is 0 Å². The van der Waals surface area contributed by atoms with Crippen molar-refractivity contribution >= 4 is 11.9 Å². The van der Waals surface area contributed by atoms with Crippen LogP contribution in [-0.2, 0) is 23.8 Å². The zero-order valence-corrected chi connectivity index (χ0v) is 56.3. The van der Waals surface area contributed by atoms with Crippen molar-refractivity contribution in [1.82, 2.24) is 5.32 Å². The predicted molar refractivity (Wildman–Crippen MR) is 361 cm³/mol. The lowest BCUT2D eigenvalue weighted by atomic mass is 9.99. The van der Waals surface area contributed by atoms with Gasteiger partial charge in [0.15, 0.2) is 6.29 Å². The van der Waals surface area contributed by atoms with Crippen molar-refractivity contribution in [2.45, 2.75) is 410 Å². The molecule has 0 aromatic rings. The summed E-state index contributed by atoms with van der Waals surface area (Å²) in [5, 5.41) is 54.3. The molecule has 1 amide bonds. The van der Waals surface area contributed by atoms with Gasteiger partial charge in [0.05, 0.1) is 32.0 Å². The zero-order chi connectivity index (χ0) is 62.3. The van der Waals surface area contributed by atoms with Crippen molar-refractivity contribution in [3.8, 4) is 0 Å². The van der Waals surface area contributed by atoms with E-state index in [1.54, 1.807) is 6.08 Å². The Labute approximate surface area is 530 Å². The summed E-state index contributed by atoms with van der Waals surface area (Å²) in [7, 11) is 0. The molecule has 0 saturated carbocycles. The Balaban J connectivity index is 1.89. The summed E-state index contributed by atoms with van der Waals surface area (Å²) in [6.45, 7) is 4.35.